The Morgan fingerprint density at radius 2 is 1.76 bits per heavy atom. The molecule has 0 unspecified atom stereocenters. The van der Waals surface area contributed by atoms with E-state index in [-0.39, 0.29) is 68.2 Å². The maximum Gasteiger partial charge on any atom is 1.00 e. The van der Waals surface area contributed by atoms with E-state index in [1.54, 1.807) is 20.8 Å². The fourth-order valence-corrected chi connectivity index (χ4v) is 2.18. The van der Waals surface area contributed by atoms with Gasteiger partial charge in [0.25, 0.3) is 0 Å². The smallest absolute Gasteiger partial charge is 0.481 e. The third-order valence-corrected chi connectivity index (χ3v) is 3.22. The van der Waals surface area contributed by atoms with E-state index in [4.69, 9.17) is 9.84 Å². The predicted molar refractivity (Wildman–Crippen MR) is 85.9 cm³/mol. The molecule has 0 heterocycles. The van der Waals surface area contributed by atoms with Gasteiger partial charge in [-0.05, 0) is 39.3 Å². The molecule has 134 valence electrons. The van der Waals surface area contributed by atoms with Crippen molar-refractivity contribution in [2.75, 3.05) is 11.9 Å². The van der Waals surface area contributed by atoms with Crippen molar-refractivity contribution in [2.45, 2.75) is 39.7 Å². The van der Waals surface area contributed by atoms with E-state index in [1.807, 2.05) is 0 Å². The number of nitrogens with zero attached hydrogens (tertiary/aromatic N) is 1. The molecule has 0 saturated heterocycles. The van der Waals surface area contributed by atoms with Crippen LogP contribution >= 0.6 is 0 Å². The number of carbonyl (C=O) groups excluding carboxylic acids is 1. The van der Waals surface area contributed by atoms with Crippen LogP contribution in [0.3, 0.4) is 0 Å². The molecule has 1 amide bonds. The van der Waals surface area contributed by atoms with Gasteiger partial charge >= 0.3 is 70.4 Å². The molecule has 0 aromatic heterocycles. The van der Waals surface area contributed by atoms with E-state index in [9.17, 15) is 22.5 Å². The van der Waals surface area contributed by atoms with Gasteiger partial charge in [-0.2, -0.15) is 0 Å². The van der Waals surface area contributed by atoms with Gasteiger partial charge in [0.15, 0.2) is 0 Å². The summed E-state index contributed by atoms with van der Waals surface area (Å²) >= 11 is 0. The number of hydrogen-bond donors (Lipinski definition) is 1. The van der Waals surface area contributed by atoms with Crippen molar-refractivity contribution < 1.29 is 83.8 Å². The summed E-state index contributed by atoms with van der Waals surface area (Å²) in [4.78, 5) is 23.9. The summed E-state index contributed by atoms with van der Waals surface area (Å²) in [5, 5.41) is 8.84. The second kappa shape index (κ2) is 8.90. The minimum Gasteiger partial charge on any atom is -0.481 e. The molecule has 1 N–H and O–H groups in total. The van der Waals surface area contributed by atoms with Crippen LogP contribution < -0.4 is 61.7 Å². The fraction of sp³-hybridized carbons (Fsp3) is 0.467. The van der Waals surface area contributed by atoms with Crippen molar-refractivity contribution in [1.29, 1.82) is 0 Å². The molecule has 0 spiro atoms. The number of rotatable bonds is 4. The molecule has 5 nitrogen and oxygen atoms in total. The van der Waals surface area contributed by atoms with E-state index >= 15 is 0 Å². The standard InChI is InChI=1S/C15H20BF3NO4.K/c1-9-11(16(17,18)19)6-10(8-13(21)22)7-12(9)20(5)14(23)24-15(2,3)4;/h6-7H,8H2,1-5H3,(H,21,22);/q-1;+1. The van der Waals surface area contributed by atoms with Crippen molar-refractivity contribution in [2.24, 2.45) is 0 Å². The van der Waals surface area contributed by atoms with E-state index in [1.165, 1.54) is 20.0 Å². The van der Waals surface area contributed by atoms with Crippen LogP contribution in [0.2, 0.25) is 0 Å². The summed E-state index contributed by atoms with van der Waals surface area (Å²) < 4.78 is 44.9. The van der Waals surface area contributed by atoms with Crippen LogP contribution in [0, 0.1) is 6.92 Å². The number of ether oxygens (including phenoxy) is 1. The Hall–Kier alpha value is -0.549. The second-order valence-corrected chi connectivity index (χ2v) is 6.51. The quantitative estimate of drug-likeness (QED) is 0.745. The molecule has 0 aliphatic heterocycles. The molecule has 0 aliphatic carbocycles. The monoisotopic (exact) mass is 385 g/mol. The maximum absolute atomic E-state index is 13.3. The van der Waals surface area contributed by atoms with E-state index in [0.29, 0.717) is 0 Å². The average Bonchev–Trinajstić information content (AvgIpc) is 2.35. The third kappa shape index (κ3) is 7.30. The first-order valence-corrected chi connectivity index (χ1v) is 7.24. The van der Waals surface area contributed by atoms with Crippen molar-refractivity contribution in [3.63, 3.8) is 0 Å². The summed E-state index contributed by atoms with van der Waals surface area (Å²) in [5.41, 5.74) is -1.94. The molecule has 0 fully saturated rings. The van der Waals surface area contributed by atoms with Crippen LogP contribution in [-0.2, 0) is 16.0 Å². The van der Waals surface area contributed by atoms with Crippen LogP contribution in [0.25, 0.3) is 0 Å². The van der Waals surface area contributed by atoms with E-state index in [0.717, 1.165) is 11.0 Å². The van der Waals surface area contributed by atoms with Crippen LogP contribution in [0.15, 0.2) is 12.1 Å². The summed E-state index contributed by atoms with van der Waals surface area (Å²) in [7, 11) is 1.29. The first-order valence-electron chi connectivity index (χ1n) is 7.24. The van der Waals surface area contributed by atoms with Gasteiger partial charge in [0.05, 0.1) is 6.42 Å². The zero-order chi connectivity index (χ0) is 18.9. The Morgan fingerprint density at radius 3 is 2.16 bits per heavy atom. The van der Waals surface area contributed by atoms with Crippen molar-refractivity contribution in [3.05, 3.63) is 23.3 Å². The van der Waals surface area contributed by atoms with E-state index in [2.05, 4.69) is 0 Å². The summed E-state index contributed by atoms with van der Waals surface area (Å²) in [6.45, 7) is 0.797. The molecule has 0 bridgehead atoms. The number of carboxylic acid groups (broad SMARTS) is 1. The zero-order valence-corrected chi connectivity index (χ0v) is 18.3. The first kappa shape index (κ1) is 24.5. The molecule has 0 radical (unpaired) electrons. The molecule has 25 heavy (non-hydrogen) atoms. The maximum atomic E-state index is 13.3. The normalized spacial score (nSPS) is 11.5. The Bertz CT molecular complexity index is 659. The average molecular weight is 385 g/mol. The Morgan fingerprint density at radius 1 is 1.24 bits per heavy atom. The van der Waals surface area contributed by atoms with Gasteiger partial charge in [-0.1, -0.05) is 11.6 Å². The fourth-order valence-electron chi connectivity index (χ4n) is 2.18. The van der Waals surface area contributed by atoms with Crippen molar-refractivity contribution in [3.8, 4) is 0 Å². The number of carboxylic acids is 1. The summed E-state index contributed by atoms with van der Waals surface area (Å²) in [5.74, 6) is -1.26. The molecule has 0 saturated carbocycles. The molecule has 0 aliphatic rings. The van der Waals surface area contributed by atoms with Gasteiger partial charge in [-0.25, -0.2) is 4.79 Å². The van der Waals surface area contributed by atoms with Gasteiger partial charge < -0.3 is 22.8 Å². The summed E-state index contributed by atoms with van der Waals surface area (Å²) in [6, 6.07) is 2.08. The second-order valence-electron chi connectivity index (χ2n) is 6.51. The van der Waals surface area contributed by atoms with E-state index < -0.39 is 36.5 Å². The first-order chi connectivity index (χ1) is 10.7. The molecule has 1 aromatic carbocycles. The summed E-state index contributed by atoms with van der Waals surface area (Å²) in [6.07, 6.45) is -1.40. The van der Waals surface area contributed by atoms with Crippen LogP contribution in [0.5, 0.6) is 0 Å². The van der Waals surface area contributed by atoms with Crippen LogP contribution in [-0.4, -0.2) is 36.8 Å². The zero-order valence-electron chi connectivity index (χ0n) is 15.2. The number of anilines is 1. The van der Waals surface area contributed by atoms with Gasteiger partial charge in [0, 0.05) is 12.7 Å². The molecular formula is C15H20BF3KNO4. The molecule has 0 atom stereocenters. The minimum atomic E-state index is -5.35. The van der Waals surface area contributed by atoms with Crippen molar-refractivity contribution in [1.82, 2.24) is 0 Å². The van der Waals surface area contributed by atoms with Crippen LogP contribution in [0.4, 0.5) is 23.4 Å². The van der Waals surface area contributed by atoms with Crippen LogP contribution in [0.1, 0.15) is 31.9 Å². The number of carbonyl (C=O) groups is 2. The number of benzene rings is 1. The number of amides is 1. The number of hydrogen-bond acceptors (Lipinski definition) is 3. The van der Waals surface area contributed by atoms with Gasteiger partial charge in [-0.3, -0.25) is 9.69 Å². The number of halogens is 3. The minimum absolute atomic E-state index is 0. The van der Waals surface area contributed by atoms with Crippen molar-refractivity contribution >= 4 is 30.2 Å². The van der Waals surface area contributed by atoms with Gasteiger partial charge in [-0.15, -0.1) is 5.46 Å². The molecule has 1 aromatic rings. The predicted octanol–water partition coefficient (Wildman–Crippen LogP) is 0.0518. The molecular weight excluding hydrogens is 365 g/mol. The topological polar surface area (TPSA) is 66.8 Å². The SMILES string of the molecule is Cc1c(N(C)C(=O)OC(C)(C)C)cc(CC(=O)O)cc1[B-](F)(F)F.[K+]. The number of aliphatic carboxylic acids is 1. The largest absolute Gasteiger partial charge is 1.00 e. The van der Waals surface area contributed by atoms with Gasteiger partial charge in [0.1, 0.15) is 5.60 Å². The molecule has 1 rings (SSSR count). The van der Waals surface area contributed by atoms with Gasteiger partial charge in [0.2, 0.25) is 0 Å². The third-order valence-electron chi connectivity index (χ3n) is 3.22. The Kier molecular flexibility index (Phi) is 8.70. The molecule has 10 heteroatoms. The Labute approximate surface area is 187 Å². The Balaban J connectivity index is 0.00000576.